The van der Waals surface area contributed by atoms with Crippen LogP contribution in [0.25, 0.3) is 0 Å². The highest BCUT2D eigenvalue weighted by atomic mass is 16.5. The van der Waals surface area contributed by atoms with Crippen molar-refractivity contribution >= 4 is 23.7 Å². The molecule has 7 nitrogen and oxygen atoms in total. The second-order valence-corrected chi connectivity index (χ2v) is 6.08. The van der Waals surface area contributed by atoms with Crippen LogP contribution in [0.1, 0.15) is 33.2 Å². The maximum Gasteiger partial charge on any atom is 0.326 e. The molecule has 0 radical (unpaired) electrons. The lowest BCUT2D eigenvalue weighted by atomic mass is 10.1. The van der Waals surface area contributed by atoms with Gasteiger partial charge in [-0.05, 0) is 24.6 Å². The van der Waals surface area contributed by atoms with Crippen LogP contribution < -0.4 is 5.32 Å². The van der Waals surface area contributed by atoms with Gasteiger partial charge in [0.2, 0.25) is 0 Å². The van der Waals surface area contributed by atoms with Crippen LogP contribution >= 0.6 is 0 Å². The molecule has 0 fully saturated rings. The largest absolute Gasteiger partial charge is 0.451 e. The van der Waals surface area contributed by atoms with E-state index in [1.807, 2.05) is 30.3 Å². The molecule has 1 heterocycles. The second-order valence-electron chi connectivity index (χ2n) is 6.08. The average Bonchev–Trinajstić information content (AvgIpc) is 2.92. The Labute approximate surface area is 155 Å². The lowest BCUT2D eigenvalue weighted by Crippen LogP contribution is -2.40. The van der Waals surface area contributed by atoms with E-state index in [-0.39, 0.29) is 11.1 Å². The molecule has 0 saturated carbocycles. The maximum atomic E-state index is 12.2. The van der Waals surface area contributed by atoms with E-state index in [0.29, 0.717) is 6.54 Å². The first kappa shape index (κ1) is 18.3. The monoisotopic (exact) mass is 366 g/mol. The number of nitrogens with one attached hydrogen (secondary N) is 1. The predicted octanol–water partition coefficient (Wildman–Crippen LogP) is 1.53. The number of ether oxygens (including phenoxy) is 1. The Hall–Kier alpha value is -3.48. The van der Waals surface area contributed by atoms with E-state index in [0.717, 1.165) is 10.5 Å². The van der Waals surface area contributed by atoms with Crippen molar-refractivity contribution in [2.75, 3.05) is 6.54 Å². The summed E-state index contributed by atoms with van der Waals surface area (Å²) >= 11 is 0. The minimum Gasteiger partial charge on any atom is -0.451 e. The van der Waals surface area contributed by atoms with Crippen molar-refractivity contribution in [1.82, 2.24) is 10.2 Å². The van der Waals surface area contributed by atoms with Crippen molar-refractivity contribution in [3.8, 4) is 0 Å². The molecule has 27 heavy (non-hydrogen) atoms. The zero-order chi connectivity index (χ0) is 19.4. The number of imide groups is 1. The number of benzene rings is 2. The molecular formula is C20H18N2O5. The highest BCUT2D eigenvalue weighted by Crippen LogP contribution is 2.22. The molecule has 0 bridgehead atoms. The zero-order valence-electron chi connectivity index (χ0n) is 14.7. The molecule has 3 amide bonds. The Morgan fingerprint density at radius 1 is 0.963 bits per heavy atom. The van der Waals surface area contributed by atoms with E-state index in [9.17, 15) is 19.2 Å². The smallest absolute Gasteiger partial charge is 0.326 e. The van der Waals surface area contributed by atoms with Crippen LogP contribution in [-0.2, 0) is 20.9 Å². The van der Waals surface area contributed by atoms with Crippen LogP contribution in [0.2, 0.25) is 0 Å². The Morgan fingerprint density at radius 2 is 1.52 bits per heavy atom. The summed E-state index contributed by atoms with van der Waals surface area (Å²) < 4.78 is 5.06. The number of carbonyl (C=O) groups is 4. The molecule has 2 aromatic carbocycles. The Balaban J connectivity index is 1.52. The quantitative estimate of drug-likeness (QED) is 0.618. The summed E-state index contributed by atoms with van der Waals surface area (Å²) in [4.78, 5) is 49.4. The summed E-state index contributed by atoms with van der Waals surface area (Å²) in [6.45, 7) is 1.20. The molecule has 2 aromatic rings. The minimum absolute atomic E-state index is 0.254. The molecule has 0 spiro atoms. The van der Waals surface area contributed by atoms with Gasteiger partial charge in [-0.3, -0.25) is 24.1 Å². The standard InChI is InChI=1S/C20H18N2O5/c1-13(18(24)21-11-14-7-3-2-4-8-14)27-17(23)12-22-19(25)15-9-5-6-10-16(15)20(22)26/h2-10,13H,11-12H2,1H3,(H,21,24)/t13-/m1/s1. The van der Waals surface area contributed by atoms with Crippen molar-refractivity contribution < 1.29 is 23.9 Å². The molecule has 0 aliphatic carbocycles. The Bertz CT molecular complexity index is 859. The first-order valence-electron chi connectivity index (χ1n) is 8.43. The SMILES string of the molecule is C[C@@H](OC(=O)CN1C(=O)c2ccccc2C1=O)C(=O)NCc1ccccc1. The van der Waals surface area contributed by atoms with Gasteiger partial charge >= 0.3 is 5.97 Å². The number of hydrogen-bond acceptors (Lipinski definition) is 5. The fourth-order valence-electron chi connectivity index (χ4n) is 2.73. The third-order valence-electron chi connectivity index (χ3n) is 4.15. The Kier molecular flexibility index (Phi) is 5.30. The number of amides is 3. The zero-order valence-corrected chi connectivity index (χ0v) is 14.7. The summed E-state index contributed by atoms with van der Waals surface area (Å²) in [5, 5.41) is 2.67. The molecule has 0 unspecified atom stereocenters. The van der Waals surface area contributed by atoms with Crippen LogP contribution in [0.3, 0.4) is 0 Å². The summed E-state index contributed by atoms with van der Waals surface area (Å²) in [5.41, 5.74) is 1.42. The first-order valence-corrected chi connectivity index (χ1v) is 8.43. The van der Waals surface area contributed by atoms with E-state index in [1.54, 1.807) is 12.1 Å². The van der Waals surface area contributed by atoms with E-state index in [4.69, 9.17) is 4.74 Å². The number of nitrogens with zero attached hydrogens (tertiary/aromatic N) is 1. The normalized spacial score (nSPS) is 13.9. The van der Waals surface area contributed by atoms with Gasteiger partial charge < -0.3 is 10.1 Å². The van der Waals surface area contributed by atoms with Crippen LogP contribution in [-0.4, -0.2) is 41.2 Å². The van der Waals surface area contributed by atoms with E-state index >= 15 is 0 Å². The van der Waals surface area contributed by atoms with Gasteiger partial charge in [0, 0.05) is 6.54 Å². The molecule has 0 saturated heterocycles. The third-order valence-corrected chi connectivity index (χ3v) is 4.15. The van der Waals surface area contributed by atoms with E-state index in [1.165, 1.54) is 19.1 Å². The molecule has 3 rings (SSSR count). The molecule has 1 aliphatic heterocycles. The van der Waals surface area contributed by atoms with Crippen molar-refractivity contribution in [1.29, 1.82) is 0 Å². The number of hydrogen-bond donors (Lipinski definition) is 1. The van der Waals surface area contributed by atoms with Gasteiger partial charge in [-0.2, -0.15) is 0 Å². The van der Waals surface area contributed by atoms with Gasteiger partial charge in [0.05, 0.1) is 11.1 Å². The van der Waals surface area contributed by atoms with Crippen LogP contribution in [0, 0.1) is 0 Å². The number of carbonyl (C=O) groups excluding carboxylic acids is 4. The van der Waals surface area contributed by atoms with Gasteiger partial charge in [0.15, 0.2) is 6.10 Å². The van der Waals surface area contributed by atoms with E-state index in [2.05, 4.69) is 5.32 Å². The highest BCUT2D eigenvalue weighted by Gasteiger charge is 2.37. The van der Waals surface area contributed by atoms with Crippen LogP contribution in [0.15, 0.2) is 54.6 Å². The van der Waals surface area contributed by atoms with Gasteiger partial charge in [-0.25, -0.2) is 0 Å². The minimum atomic E-state index is -1.05. The molecule has 7 heteroatoms. The summed E-state index contributed by atoms with van der Waals surface area (Å²) in [6.07, 6.45) is -1.05. The molecule has 0 aromatic heterocycles. The predicted molar refractivity (Wildman–Crippen MR) is 95.7 cm³/mol. The molecule has 138 valence electrons. The number of esters is 1. The lowest BCUT2D eigenvalue weighted by Gasteiger charge is -2.16. The molecule has 1 N–H and O–H groups in total. The molecular weight excluding hydrogens is 348 g/mol. The van der Waals surface area contributed by atoms with Crippen molar-refractivity contribution in [2.24, 2.45) is 0 Å². The lowest BCUT2D eigenvalue weighted by molar-refractivity contribution is -0.155. The highest BCUT2D eigenvalue weighted by molar-refractivity contribution is 6.22. The van der Waals surface area contributed by atoms with Gasteiger partial charge in [-0.1, -0.05) is 42.5 Å². The van der Waals surface area contributed by atoms with Crippen molar-refractivity contribution in [2.45, 2.75) is 19.6 Å². The topological polar surface area (TPSA) is 92.8 Å². The molecule has 1 aliphatic rings. The summed E-state index contributed by atoms with van der Waals surface area (Å²) in [7, 11) is 0. The van der Waals surface area contributed by atoms with Crippen molar-refractivity contribution in [3.63, 3.8) is 0 Å². The summed E-state index contributed by atoms with van der Waals surface area (Å²) in [6, 6.07) is 15.6. The third kappa shape index (κ3) is 4.03. The molecule has 1 atom stereocenters. The van der Waals surface area contributed by atoms with Crippen LogP contribution in [0.5, 0.6) is 0 Å². The van der Waals surface area contributed by atoms with Gasteiger partial charge in [0.1, 0.15) is 6.54 Å². The fraction of sp³-hybridized carbons (Fsp3) is 0.200. The van der Waals surface area contributed by atoms with Gasteiger partial charge in [-0.15, -0.1) is 0 Å². The van der Waals surface area contributed by atoms with Crippen LogP contribution in [0.4, 0.5) is 0 Å². The van der Waals surface area contributed by atoms with Crippen molar-refractivity contribution in [3.05, 3.63) is 71.3 Å². The average molecular weight is 366 g/mol. The van der Waals surface area contributed by atoms with Gasteiger partial charge in [0.25, 0.3) is 17.7 Å². The fourth-order valence-corrected chi connectivity index (χ4v) is 2.73. The number of rotatable bonds is 6. The maximum absolute atomic E-state index is 12.2. The Morgan fingerprint density at radius 3 is 2.11 bits per heavy atom. The number of fused-ring (bicyclic) bond motifs is 1. The second kappa shape index (κ2) is 7.82. The summed E-state index contributed by atoms with van der Waals surface area (Å²) in [5.74, 6) is -2.39. The first-order chi connectivity index (χ1) is 13.0. The van der Waals surface area contributed by atoms with E-state index < -0.39 is 36.3 Å².